The summed E-state index contributed by atoms with van der Waals surface area (Å²) in [4.78, 5) is 16.5. The summed E-state index contributed by atoms with van der Waals surface area (Å²) in [6.07, 6.45) is 1.69. The summed E-state index contributed by atoms with van der Waals surface area (Å²) in [5.41, 5.74) is 2.84. The molecule has 5 heteroatoms. The van der Waals surface area contributed by atoms with Crippen molar-refractivity contribution in [2.75, 3.05) is 0 Å². The molecule has 3 aromatic rings. The highest BCUT2D eigenvalue weighted by atomic mass is 35.5. The van der Waals surface area contributed by atoms with E-state index in [0.717, 1.165) is 16.7 Å². The zero-order chi connectivity index (χ0) is 19.3. The van der Waals surface area contributed by atoms with Gasteiger partial charge >= 0.3 is 5.97 Å². The second kappa shape index (κ2) is 8.11. The van der Waals surface area contributed by atoms with Crippen LogP contribution in [0.25, 0.3) is 6.08 Å². The fraction of sp³-hybridized carbons (Fsp3) is 0.0435. The Morgan fingerprint density at radius 3 is 2.54 bits per heavy atom. The smallest absolute Gasteiger partial charge is 0.363 e. The van der Waals surface area contributed by atoms with Gasteiger partial charge in [0.2, 0.25) is 5.90 Å². The molecule has 0 N–H and O–H groups in total. The molecule has 0 spiro atoms. The maximum absolute atomic E-state index is 12.1. The molecule has 0 atom stereocenters. The molecule has 1 aliphatic rings. The molecule has 1 heterocycles. The first-order chi connectivity index (χ1) is 13.7. The number of hydrogen-bond donors (Lipinski definition) is 0. The second-order valence-corrected chi connectivity index (χ2v) is 6.63. The number of cyclic esters (lactones) is 1. The second-order valence-electron chi connectivity index (χ2n) is 6.19. The first-order valence-electron chi connectivity index (χ1n) is 8.73. The number of carbonyl (C=O) groups excluding carboxylic acids is 1. The average molecular weight is 390 g/mol. The van der Waals surface area contributed by atoms with Crippen LogP contribution in [0.1, 0.15) is 16.7 Å². The number of aliphatic imine (C=N–C) groups is 1. The van der Waals surface area contributed by atoms with E-state index in [2.05, 4.69) is 4.99 Å². The topological polar surface area (TPSA) is 47.9 Å². The number of halogens is 1. The van der Waals surface area contributed by atoms with Crippen LogP contribution in [0.15, 0.2) is 89.6 Å². The number of benzene rings is 3. The van der Waals surface area contributed by atoms with Crippen LogP contribution in [0.5, 0.6) is 5.75 Å². The van der Waals surface area contributed by atoms with E-state index in [9.17, 15) is 4.79 Å². The van der Waals surface area contributed by atoms with Gasteiger partial charge in [-0.15, -0.1) is 0 Å². The summed E-state index contributed by atoms with van der Waals surface area (Å²) in [7, 11) is 0. The number of carbonyl (C=O) groups is 1. The largest absolute Gasteiger partial charge is 0.489 e. The summed E-state index contributed by atoms with van der Waals surface area (Å²) in [6, 6.07) is 24.3. The Morgan fingerprint density at radius 1 is 0.964 bits per heavy atom. The molecule has 0 aromatic heterocycles. The average Bonchev–Trinajstić information content (AvgIpc) is 3.09. The minimum atomic E-state index is -0.466. The van der Waals surface area contributed by atoms with E-state index < -0.39 is 5.97 Å². The van der Waals surface area contributed by atoms with Gasteiger partial charge in [-0.3, -0.25) is 0 Å². The lowest BCUT2D eigenvalue weighted by molar-refractivity contribution is -0.129. The molecule has 0 aliphatic carbocycles. The molecular formula is C23H16ClNO3. The van der Waals surface area contributed by atoms with Gasteiger partial charge in [0.15, 0.2) is 5.70 Å². The summed E-state index contributed by atoms with van der Waals surface area (Å²) in [5.74, 6) is 0.543. The summed E-state index contributed by atoms with van der Waals surface area (Å²) in [6.45, 7) is 0.426. The molecule has 0 radical (unpaired) electrons. The van der Waals surface area contributed by atoms with E-state index in [0.29, 0.717) is 23.3 Å². The Labute approximate surface area is 167 Å². The molecule has 3 aromatic carbocycles. The molecular weight excluding hydrogens is 374 g/mol. The molecule has 0 fully saturated rings. The van der Waals surface area contributed by atoms with Gasteiger partial charge in [0.1, 0.15) is 12.4 Å². The van der Waals surface area contributed by atoms with E-state index in [1.165, 1.54) is 0 Å². The van der Waals surface area contributed by atoms with Crippen molar-refractivity contribution in [3.05, 3.63) is 106 Å². The number of rotatable bonds is 5. The Bertz CT molecular complexity index is 1060. The molecule has 1 aliphatic heterocycles. The van der Waals surface area contributed by atoms with Gasteiger partial charge in [-0.1, -0.05) is 54.1 Å². The molecule has 0 unspecified atom stereocenters. The zero-order valence-electron chi connectivity index (χ0n) is 14.8. The van der Waals surface area contributed by atoms with E-state index >= 15 is 0 Å². The minimum absolute atomic E-state index is 0.258. The monoisotopic (exact) mass is 389 g/mol. The molecule has 28 heavy (non-hydrogen) atoms. The molecule has 0 saturated heterocycles. The van der Waals surface area contributed by atoms with Crippen molar-refractivity contribution in [1.82, 2.24) is 0 Å². The fourth-order valence-corrected chi connectivity index (χ4v) is 2.84. The van der Waals surface area contributed by atoms with Gasteiger partial charge in [-0.25, -0.2) is 9.79 Å². The predicted octanol–water partition coefficient (Wildman–Crippen LogP) is 5.26. The predicted molar refractivity (Wildman–Crippen MR) is 109 cm³/mol. The minimum Gasteiger partial charge on any atom is -0.489 e. The number of nitrogens with zero attached hydrogens (tertiary/aromatic N) is 1. The van der Waals surface area contributed by atoms with E-state index in [1.54, 1.807) is 6.08 Å². The molecule has 4 nitrogen and oxygen atoms in total. The number of ether oxygens (including phenoxy) is 2. The van der Waals surface area contributed by atoms with Crippen LogP contribution in [0.3, 0.4) is 0 Å². The van der Waals surface area contributed by atoms with Crippen LogP contribution in [0, 0.1) is 0 Å². The van der Waals surface area contributed by atoms with Crippen molar-refractivity contribution in [2.24, 2.45) is 4.99 Å². The van der Waals surface area contributed by atoms with E-state index in [1.807, 2.05) is 78.9 Å². The van der Waals surface area contributed by atoms with Gasteiger partial charge in [-0.2, -0.15) is 0 Å². The lowest BCUT2D eigenvalue weighted by Gasteiger charge is -2.07. The highest BCUT2D eigenvalue weighted by Gasteiger charge is 2.23. The Hall–Kier alpha value is -3.37. The first kappa shape index (κ1) is 18.0. The molecule has 138 valence electrons. The van der Waals surface area contributed by atoms with Crippen molar-refractivity contribution in [3.8, 4) is 5.75 Å². The Morgan fingerprint density at radius 2 is 1.75 bits per heavy atom. The van der Waals surface area contributed by atoms with Crippen LogP contribution >= 0.6 is 11.6 Å². The molecule has 0 amide bonds. The maximum atomic E-state index is 12.1. The molecule has 4 rings (SSSR count). The van der Waals surface area contributed by atoms with Crippen LogP contribution in [-0.4, -0.2) is 11.9 Å². The zero-order valence-corrected chi connectivity index (χ0v) is 15.6. The van der Waals surface area contributed by atoms with E-state index in [4.69, 9.17) is 21.1 Å². The van der Waals surface area contributed by atoms with Gasteiger partial charge < -0.3 is 9.47 Å². The highest BCUT2D eigenvalue weighted by molar-refractivity contribution is 6.30. The van der Waals surface area contributed by atoms with Crippen LogP contribution < -0.4 is 4.74 Å². The third-order valence-corrected chi connectivity index (χ3v) is 4.37. The Kier molecular flexibility index (Phi) is 5.22. The standard InChI is InChI=1S/C23H16ClNO3/c24-19-11-9-16(10-12-19)15-27-20-8-4-5-17(13-20)14-21-23(26)28-22(25-21)18-6-2-1-3-7-18/h1-14H,15H2/b21-14+. The maximum Gasteiger partial charge on any atom is 0.363 e. The van der Waals surface area contributed by atoms with Crippen molar-refractivity contribution in [1.29, 1.82) is 0 Å². The van der Waals surface area contributed by atoms with Crippen molar-refractivity contribution >= 4 is 29.5 Å². The lowest BCUT2D eigenvalue weighted by Crippen LogP contribution is -2.04. The van der Waals surface area contributed by atoms with Crippen LogP contribution in [0.2, 0.25) is 5.02 Å². The number of esters is 1. The molecule has 0 bridgehead atoms. The molecule has 0 saturated carbocycles. The number of hydrogen-bond acceptors (Lipinski definition) is 4. The third kappa shape index (κ3) is 4.30. The third-order valence-electron chi connectivity index (χ3n) is 4.12. The first-order valence-corrected chi connectivity index (χ1v) is 9.10. The van der Waals surface area contributed by atoms with Crippen LogP contribution in [0.4, 0.5) is 0 Å². The van der Waals surface area contributed by atoms with Gasteiger partial charge in [0.05, 0.1) is 0 Å². The quantitative estimate of drug-likeness (QED) is 0.441. The van der Waals surface area contributed by atoms with Crippen molar-refractivity contribution in [3.63, 3.8) is 0 Å². The van der Waals surface area contributed by atoms with Crippen LogP contribution in [-0.2, 0) is 16.1 Å². The van der Waals surface area contributed by atoms with Gasteiger partial charge in [-0.05, 0) is 53.6 Å². The fourth-order valence-electron chi connectivity index (χ4n) is 2.71. The lowest BCUT2D eigenvalue weighted by atomic mass is 10.2. The SMILES string of the molecule is O=C1OC(c2ccccc2)=N/C1=C/c1cccc(OCc2ccc(Cl)cc2)c1. The Balaban J connectivity index is 1.50. The van der Waals surface area contributed by atoms with Crippen molar-refractivity contribution in [2.45, 2.75) is 6.61 Å². The van der Waals surface area contributed by atoms with Crippen molar-refractivity contribution < 1.29 is 14.3 Å². The summed E-state index contributed by atoms with van der Waals surface area (Å²) < 4.78 is 11.1. The highest BCUT2D eigenvalue weighted by Crippen LogP contribution is 2.22. The van der Waals surface area contributed by atoms with E-state index in [-0.39, 0.29) is 5.70 Å². The van der Waals surface area contributed by atoms with Gasteiger partial charge in [0, 0.05) is 10.6 Å². The summed E-state index contributed by atoms with van der Waals surface area (Å²) >= 11 is 5.90. The van der Waals surface area contributed by atoms with Gasteiger partial charge in [0.25, 0.3) is 0 Å². The summed E-state index contributed by atoms with van der Waals surface area (Å²) in [5, 5.41) is 0.691. The normalized spacial score (nSPS) is 14.7.